The van der Waals surface area contributed by atoms with Gasteiger partial charge in [-0.3, -0.25) is 5.41 Å². The fraction of sp³-hybridized carbons (Fsp3) is 0. The Hall–Kier alpha value is -1.52. The van der Waals surface area contributed by atoms with Crippen molar-refractivity contribution in [3.63, 3.8) is 0 Å². The zero-order valence-corrected chi connectivity index (χ0v) is 4.50. The number of nitrogens with one attached hydrogen (secondary N) is 1. The lowest BCUT2D eigenvalue weighted by atomic mass is 10.6. The van der Waals surface area contributed by atoms with Crippen LogP contribution in [0.3, 0.4) is 0 Å². The van der Waals surface area contributed by atoms with Crippen LogP contribution in [0.25, 0.3) is 0 Å². The molecule has 1 aromatic rings. The van der Waals surface area contributed by atoms with Crippen LogP contribution in [0.1, 0.15) is 5.82 Å². The van der Waals surface area contributed by atoms with Gasteiger partial charge in [-0.25, -0.2) is 15.0 Å². The quantitative estimate of drug-likeness (QED) is 0.367. The lowest BCUT2D eigenvalue weighted by Crippen LogP contribution is -2.15. The van der Waals surface area contributed by atoms with Gasteiger partial charge in [0, 0.05) is 0 Å². The molecule has 1 heterocycles. The monoisotopic (exact) mass is 122 g/mol. The average Bonchev–Trinajstić information content (AvgIpc) is 1.90. The third kappa shape index (κ3) is 1.18. The summed E-state index contributed by atoms with van der Waals surface area (Å²) < 4.78 is 0. The van der Waals surface area contributed by atoms with Gasteiger partial charge in [-0.05, 0) is 0 Å². The van der Waals surface area contributed by atoms with E-state index < -0.39 is 0 Å². The van der Waals surface area contributed by atoms with Crippen molar-refractivity contribution in [1.82, 2.24) is 15.0 Å². The van der Waals surface area contributed by atoms with E-state index in [9.17, 15) is 0 Å². The summed E-state index contributed by atoms with van der Waals surface area (Å²) in [4.78, 5) is 10.5. The normalized spacial score (nSPS) is 8.89. The molecule has 0 aromatic carbocycles. The average molecular weight is 122 g/mol. The first kappa shape index (κ1) is 5.61. The van der Waals surface area contributed by atoms with Crippen LogP contribution in [-0.4, -0.2) is 20.8 Å². The molecule has 0 unspecified atom stereocenters. The number of nitrogens with two attached hydrogens (primary N) is 1. The van der Waals surface area contributed by atoms with E-state index in [1.807, 2.05) is 0 Å². The second-order valence-electron chi connectivity index (χ2n) is 1.32. The highest BCUT2D eigenvalue weighted by atomic mass is 15.0. The molecule has 0 aliphatic rings. The maximum absolute atomic E-state index is 6.84. The van der Waals surface area contributed by atoms with E-state index in [0.29, 0.717) is 0 Å². The predicted octanol–water partition coefficient (Wildman–Crippen LogP) is -1.04. The summed E-state index contributed by atoms with van der Waals surface area (Å²) in [5.74, 6) is -0.0151. The van der Waals surface area contributed by atoms with Crippen LogP contribution in [0.5, 0.6) is 0 Å². The Balaban J connectivity index is 2.98. The Morgan fingerprint density at radius 2 is 2.56 bits per heavy atom. The third-order valence-electron chi connectivity index (χ3n) is 0.692. The predicted molar refractivity (Wildman–Crippen MR) is 29.7 cm³/mol. The zero-order valence-electron chi connectivity index (χ0n) is 4.50. The van der Waals surface area contributed by atoms with Crippen molar-refractivity contribution >= 4 is 5.84 Å². The fourth-order valence-corrected chi connectivity index (χ4v) is 0.344. The summed E-state index contributed by atoms with van der Waals surface area (Å²) in [6, 6.07) is 0. The number of hydrogen-bond acceptors (Lipinski definition) is 4. The number of nitrogens with zero attached hydrogens (tertiary/aromatic N) is 3. The topological polar surface area (TPSA) is 88.5 Å². The molecule has 0 aliphatic carbocycles. The summed E-state index contributed by atoms with van der Waals surface area (Å²) in [6.45, 7) is 0. The number of hydrogen-bond donors (Lipinski definition) is 2. The minimum absolute atomic E-state index is 0.157. The second kappa shape index (κ2) is 2.17. The van der Waals surface area contributed by atoms with E-state index in [1.54, 1.807) is 0 Å². The summed E-state index contributed by atoms with van der Waals surface area (Å²) in [5, 5.41) is 6.84. The van der Waals surface area contributed by atoms with Gasteiger partial charge in [0.1, 0.15) is 6.33 Å². The minimum Gasteiger partial charge on any atom is -0.381 e. The zero-order chi connectivity index (χ0) is 6.69. The van der Waals surface area contributed by atoms with Gasteiger partial charge < -0.3 is 5.73 Å². The highest BCUT2D eigenvalue weighted by molar-refractivity contribution is 5.90. The van der Waals surface area contributed by atoms with Crippen LogP contribution < -0.4 is 5.73 Å². The van der Waals surface area contributed by atoms with Crippen LogP contribution in [0.15, 0.2) is 6.33 Å². The number of aromatic nitrogens is 3. The summed E-state index contributed by atoms with van der Waals surface area (Å²) in [7, 11) is 0. The molecule has 0 atom stereocenters. The minimum atomic E-state index is -0.173. The van der Waals surface area contributed by atoms with Gasteiger partial charge in [-0.1, -0.05) is 0 Å². The summed E-state index contributed by atoms with van der Waals surface area (Å²) >= 11 is 0. The Kier molecular flexibility index (Phi) is 1.35. The molecule has 3 N–H and O–H groups in total. The van der Waals surface area contributed by atoms with Crippen molar-refractivity contribution in [2.45, 2.75) is 0 Å². The van der Waals surface area contributed by atoms with E-state index in [1.165, 1.54) is 6.33 Å². The van der Waals surface area contributed by atoms with Gasteiger partial charge in [-0.15, -0.1) is 0 Å². The molecule has 0 aliphatic heterocycles. The van der Waals surface area contributed by atoms with E-state index in [0.717, 1.165) is 0 Å². The maximum atomic E-state index is 6.84. The van der Waals surface area contributed by atoms with Gasteiger partial charge in [0.15, 0.2) is 11.7 Å². The highest BCUT2D eigenvalue weighted by Crippen LogP contribution is 1.78. The molecule has 9 heavy (non-hydrogen) atoms. The van der Waals surface area contributed by atoms with E-state index in [2.05, 4.69) is 21.3 Å². The number of rotatable bonds is 1. The number of amidine groups is 1. The second-order valence-corrected chi connectivity index (χ2v) is 1.32. The lowest BCUT2D eigenvalue weighted by molar-refractivity contribution is 1.01. The first-order valence-corrected chi connectivity index (χ1v) is 2.20. The van der Waals surface area contributed by atoms with Crippen LogP contribution in [0.4, 0.5) is 0 Å². The molecule has 0 spiro atoms. The standard InChI is InChI=1S/C4H4N5/c5-3(6)4-8-1-7-2-9-4/h1H,(H3,5,6). The van der Waals surface area contributed by atoms with Gasteiger partial charge in [0.05, 0.1) is 0 Å². The Bertz CT molecular complexity index is 205. The Morgan fingerprint density at radius 3 is 2.89 bits per heavy atom. The van der Waals surface area contributed by atoms with Crippen molar-refractivity contribution in [2.75, 3.05) is 0 Å². The smallest absolute Gasteiger partial charge is 0.201 e. The van der Waals surface area contributed by atoms with Gasteiger partial charge >= 0.3 is 0 Å². The largest absolute Gasteiger partial charge is 0.381 e. The van der Waals surface area contributed by atoms with Crippen LogP contribution >= 0.6 is 0 Å². The molecule has 0 bridgehead atoms. The van der Waals surface area contributed by atoms with Crippen molar-refractivity contribution in [3.8, 4) is 0 Å². The molecule has 1 radical (unpaired) electrons. The van der Waals surface area contributed by atoms with Crippen LogP contribution in [-0.2, 0) is 0 Å². The summed E-state index contributed by atoms with van der Waals surface area (Å²) in [6.07, 6.45) is 3.50. The lowest BCUT2D eigenvalue weighted by Gasteiger charge is -1.89. The maximum Gasteiger partial charge on any atom is 0.201 e. The highest BCUT2D eigenvalue weighted by Gasteiger charge is 1.94. The van der Waals surface area contributed by atoms with Gasteiger partial charge in [0.2, 0.25) is 6.33 Å². The molecule has 0 saturated heterocycles. The molecule has 0 amide bonds. The van der Waals surface area contributed by atoms with Crippen molar-refractivity contribution in [1.29, 1.82) is 5.41 Å². The Morgan fingerprint density at radius 1 is 1.78 bits per heavy atom. The molecule has 45 valence electrons. The van der Waals surface area contributed by atoms with Crippen molar-refractivity contribution < 1.29 is 0 Å². The third-order valence-corrected chi connectivity index (χ3v) is 0.692. The summed E-state index contributed by atoms with van der Waals surface area (Å²) in [5.41, 5.74) is 5.02. The van der Waals surface area contributed by atoms with Crippen LogP contribution in [0.2, 0.25) is 0 Å². The SMILES string of the molecule is N=C(N)c1n[c]ncn1. The molecule has 5 heteroatoms. The molecule has 1 rings (SSSR count). The molecule has 0 fully saturated rings. The number of nitrogen functional groups attached to an aromatic ring is 1. The molecule has 1 aromatic heterocycles. The first-order chi connectivity index (χ1) is 4.30. The molecular formula is C4H4N5. The fourth-order valence-electron chi connectivity index (χ4n) is 0.344. The van der Waals surface area contributed by atoms with E-state index in [4.69, 9.17) is 11.1 Å². The molecular weight excluding hydrogens is 118 g/mol. The van der Waals surface area contributed by atoms with Gasteiger partial charge in [0.25, 0.3) is 0 Å². The molecule has 5 nitrogen and oxygen atoms in total. The Labute approximate surface area is 51.5 Å². The van der Waals surface area contributed by atoms with E-state index >= 15 is 0 Å². The first-order valence-electron chi connectivity index (χ1n) is 2.20. The van der Waals surface area contributed by atoms with Crippen molar-refractivity contribution in [2.24, 2.45) is 5.73 Å². The van der Waals surface area contributed by atoms with Gasteiger partial charge in [-0.2, -0.15) is 0 Å². The van der Waals surface area contributed by atoms with Crippen molar-refractivity contribution in [3.05, 3.63) is 18.5 Å². The van der Waals surface area contributed by atoms with Crippen LogP contribution in [0, 0.1) is 11.7 Å². The molecule has 0 saturated carbocycles. The van der Waals surface area contributed by atoms with E-state index in [-0.39, 0.29) is 11.7 Å².